The van der Waals surface area contributed by atoms with Crippen molar-refractivity contribution in [2.24, 2.45) is 0 Å². The van der Waals surface area contributed by atoms with Gasteiger partial charge in [0.2, 0.25) is 0 Å². The van der Waals surface area contributed by atoms with Crippen LogP contribution in [-0.2, 0) is 6.61 Å². The van der Waals surface area contributed by atoms with E-state index in [1.807, 2.05) is 18.2 Å². The molecular formula is C23H25NO. The van der Waals surface area contributed by atoms with E-state index in [1.54, 1.807) is 0 Å². The minimum absolute atomic E-state index is 0.0590. The van der Waals surface area contributed by atoms with Crippen molar-refractivity contribution < 1.29 is 5.11 Å². The van der Waals surface area contributed by atoms with Gasteiger partial charge >= 0.3 is 0 Å². The van der Waals surface area contributed by atoms with Crippen LogP contribution in [0.5, 0.6) is 0 Å². The third-order valence-corrected chi connectivity index (χ3v) is 4.88. The summed E-state index contributed by atoms with van der Waals surface area (Å²) in [5.74, 6) is 0. The van der Waals surface area contributed by atoms with E-state index in [2.05, 4.69) is 80.5 Å². The fourth-order valence-electron chi connectivity index (χ4n) is 3.03. The van der Waals surface area contributed by atoms with Gasteiger partial charge < -0.3 is 10.0 Å². The number of hydrogen-bond donors (Lipinski definition) is 1. The van der Waals surface area contributed by atoms with Crippen LogP contribution in [0.3, 0.4) is 0 Å². The highest BCUT2D eigenvalue weighted by Crippen LogP contribution is 2.28. The molecule has 2 heteroatoms. The van der Waals surface area contributed by atoms with Crippen molar-refractivity contribution in [2.45, 2.75) is 19.6 Å². The van der Waals surface area contributed by atoms with E-state index in [0.29, 0.717) is 6.04 Å². The van der Waals surface area contributed by atoms with Gasteiger partial charge in [-0.05, 0) is 54.4 Å². The molecule has 0 bridgehead atoms. The van der Waals surface area contributed by atoms with Crippen molar-refractivity contribution in [2.75, 3.05) is 14.1 Å². The molecule has 3 aromatic carbocycles. The van der Waals surface area contributed by atoms with Crippen LogP contribution in [0.2, 0.25) is 0 Å². The van der Waals surface area contributed by atoms with Crippen LogP contribution < -0.4 is 0 Å². The molecule has 1 unspecified atom stereocenters. The first-order chi connectivity index (χ1) is 12.1. The molecule has 128 valence electrons. The topological polar surface area (TPSA) is 23.5 Å². The summed E-state index contributed by atoms with van der Waals surface area (Å²) >= 11 is 0. The molecule has 3 aromatic rings. The molecule has 0 fully saturated rings. The van der Waals surface area contributed by atoms with Gasteiger partial charge in [-0.1, -0.05) is 72.8 Å². The van der Waals surface area contributed by atoms with E-state index in [-0.39, 0.29) is 6.61 Å². The maximum absolute atomic E-state index is 9.52. The Kier molecular flexibility index (Phi) is 5.32. The number of aliphatic hydroxyl groups excluding tert-OH is 1. The zero-order chi connectivity index (χ0) is 17.8. The first-order valence-electron chi connectivity index (χ1n) is 8.66. The molecule has 2 nitrogen and oxygen atoms in total. The minimum Gasteiger partial charge on any atom is -0.392 e. The van der Waals surface area contributed by atoms with Crippen LogP contribution in [-0.4, -0.2) is 24.1 Å². The summed E-state index contributed by atoms with van der Waals surface area (Å²) in [7, 11) is 4.20. The summed E-state index contributed by atoms with van der Waals surface area (Å²) in [6, 6.07) is 25.7. The second-order valence-corrected chi connectivity index (χ2v) is 6.65. The van der Waals surface area contributed by atoms with Crippen molar-refractivity contribution in [3.8, 4) is 22.3 Å². The quantitative estimate of drug-likeness (QED) is 0.700. The van der Waals surface area contributed by atoms with Gasteiger partial charge in [0.05, 0.1) is 6.61 Å². The fourth-order valence-corrected chi connectivity index (χ4v) is 3.03. The van der Waals surface area contributed by atoms with Crippen LogP contribution in [0.25, 0.3) is 22.3 Å². The van der Waals surface area contributed by atoms with Crippen LogP contribution >= 0.6 is 0 Å². The molecule has 0 spiro atoms. The van der Waals surface area contributed by atoms with E-state index in [0.717, 1.165) is 16.7 Å². The molecule has 0 amide bonds. The normalized spacial score (nSPS) is 12.4. The Labute approximate surface area is 150 Å². The van der Waals surface area contributed by atoms with Gasteiger partial charge in [-0.25, -0.2) is 0 Å². The molecule has 0 aliphatic carbocycles. The standard InChI is InChI=1S/C23H25NO/c1-17(24(2)3)18-8-10-19(11-9-18)20-12-14-21(15-13-20)23-7-5-4-6-22(23)16-25/h4-15,17,25H,16H2,1-3H3. The monoisotopic (exact) mass is 331 g/mol. The number of hydrogen-bond acceptors (Lipinski definition) is 2. The summed E-state index contributed by atoms with van der Waals surface area (Å²) in [6.45, 7) is 2.27. The summed E-state index contributed by atoms with van der Waals surface area (Å²) in [4.78, 5) is 2.21. The zero-order valence-corrected chi connectivity index (χ0v) is 15.1. The number of benzene rings is 3. The van der Waals surface area contributed by atoms with E-state index in [9.17, 15) is 5.11 Å². The molecule has 0 aliphatic heterocycles. The lowest BCUT2D eigenvalue weighted by molar-refractivity contribution is 0.282. The summed E-state index contributed by atoms with van der Waals surface area (Å²) < 4.78 is 0. The highest BCUT2D eigenvalue weighted by Gasteiger charge is 2.08. The molecule has 1 atom stereocenters. The van der Waals surface area contributed by atoms with Crippen molar-refractivity contribution in [3.05, 3.63) is 83.9 Å². The number of aliphatic hydroxyl groups is 1. The van der Waals surface area contributed by atoms with Crippen LogP contribution in [0.15, 0.2) is 72.8 Å². The SMILES string of the molecule is CC(c1ccc(-c2ccc(-c3ccccc3CO)cc2)cc1)N(C)C. The summed E-state index contributed by atoms with van der Waals surface area (Å²) in [5, 5.41) is 9.52. The van der Waals surface area contributed by atoms with Crippen molar-refractivity contribution >= 4 is 0 Å². The fraction of sp³-hybridized carbons (Fsp3) is 0.217. The second-order valence-electron chi connectivity index (χ2n) is 6.65. The second kappa shape index (κ2) is 7.64. The average molecular weight is 331 g/mol. The molecule has 0 radical (unpaired) electrons. The smallest absolute Gasteiger partial charge is 0.0687 e. The zero-order valence-electron chi connectivity index (χ0n) is 15.1. The lowest BCUT2D eigenvalue weighted by Gasteiger charge is -2.20. The molecule has 3 rings (SSSR count). The minimum atomic E-state index is 0.0590. The predicted molar refractivity (Wildman–Crippen MR) is 105 cm³/mol. The molecule has 0 aromatic heterocycles. The number of nitrogens with zero attached hydrogens (tertiary/aromatic N) is 1. The molecule has 0 heterocycles. The van der Waals surface area contributed by atoms with Crippen molar-refractivity contribution in [3.63, 3.8) is 0 Å². The summed E-state index contributed by atoms with van der Waals surface area (Å²) in [5.41, 5.74) is 6.92. The lowest BCUT2D eigenvalue weighted by atomic mass is 9.96. The maximum atomic E-state index is 9.52. The Hall–Kier alpha value is -2.42. The van der Waals surface area contributed by atoms with E-state index in [1.165, 1.54) is 16.7 Å². The molecule has 0 saturated heterocycles. The van der Waals surface area contributed by atoms with Gasteiger partial charge in [-0.3, -0.25) is 0 Å². The molecule has 25 heavy (non-hydrogen) atoms. The van der Waals surface area contributed by atoms with E-state index < -0.39 is 0 Å². The third-order valence-electron chi connectivity index (χ3n) is 4.88. The summed E-state index contributed by atoms with van der Waals surface area (Å²) in [6.07, 6.45) is 0. The molecule has 0 saturated carbocycles. The Balaban J connectivity index is 1.85. The Bertz CT molecular complexity index is 819. The van der Waals surface area contributed by atoms with Gasteiger partial charge in [-0.2, -0.15) is 0 Å². The third kappa shape index (κ3) is 3.81. The van der Waals surface area contributed by atoms with Crippen LogP contribution in [0.4, 0.5) is 0 Å². The van der Waals surface area contributed by atoms with Gasteiger partial charge in [-0.15, -0.1) is 0 Å². The molecule has 1 N–H and O–H groups in total. The van der Waals surface area contributed by atoms with Crippen molar-refractivity contribution in [1.29, 1.82) is 0 Å². The maximum Gasteiger partial charge on any atom is 0.0687 e. The lowest BCUT2D eigenvalue weighted by Crippen LogP contribution is -2.16. The predicted octanol–water partition coefficient (Wildman–Crippen LogP) is 5.14. The van der Waals surface area contributed by atoms with Crippen molar-refractivity contribution in [1.82, 2.24) is 4.90 Å². The average Bonchev–Trinajstić information content (AvgIpc) is 2.67. The Morgan fingerprint density at radius 1 is 0.760 bits per heavy atom. The van der Waals surface area contributed by atoms with Crippen LogP contribution in [0, 0.1) is 0 Å². The highest BCUT2D eigenvalue weighted by atomic mass is 16.3. The molecular weight excluding hydrogens is 306 g/mol. The largest absolute Gasteiger partial charge is 0.392 e. The Morgan fingerprint density at radius 3 is 1.84 bits per heavy atom. The molecule has 0 aliphatic rings. The van der Waals surface area contributed by atoms with Gasteiger partial charge in [0.1, 0.15) is 0 Å². The first kappa shape index (κ1) is 17.4. The van der Waals surface area contributed by atoms with Gasteiger partial charge in [0.25, 0.3) is 0 Å². The Morgan fingerprint density at radius 2 is 1.28 bits per heavy atom. The van der Waals surface area contributed by atoms with E-state index >= 15 is 0 Å². The van der Waals surface area contributed by atoms with Gasteiger partial charge in [0, 0.05) is 6.04 Å². The van der Waals surface area contributed by atoms with Crippen LogP contribution in [0.1, 0.15) is 24.1 Å². The first-order valence-corrected chi connectivity index (χ1v) is 8.66. The highest BCUT2D eigenvalue weighted by molar-refractivity contribution is 5.72. The van der Waals surface area contributed by atoms with E-state index in [4.69, 9.17) is 0 Å². The number of rotatable bonds is 5. The van der Waals surface area contributed by atoms with Gasteiger partial charge in [0.15, 0.2) is 0 Å².